The summed E-state index contributed by atoms with van der Waals surface area (Å²) in [4.78, 5) is 25.3. The van der Waals surface area contributed by atoms with E-state index in [0.29, 0.717) is 5.69 Å². The van der Waals surface area contributed by atoms with E-state index in [-0.39, 0.29) is 22.5 Å². The summed E-state index contributed by atoms with van der Waals surface area (Å²) in [5.74, 6) is -1.13. The van der Waals surface area contributed by atoms with Gasteiger partial charge in [0.15, 0.2) is 0 Å². The minimum Gasteiger partial charge on any atom is -0.465 e. The van der Waals surface area contributed by atoms with Crippen LogP contribution in [-0.2, 0) is 4.74 Å². The fraction of sp³-hybridized carbons (Fsp3) is 0.0952. The highest BCUT2D eigenvalue weighted by Crippen LogP contribution is 2.26. The first-order valence-corrected chi connectivity index (χ1v) is 8.55. The molecular weight excluding hydrogens is 361 g/mol. The number of ether oxygens (including phenoxy) is 1. The van der Waals surface area contributed by atoms with Crippen LogP contribution in [0.15, 0.2) is 65.7 Å². The highest BCUT2D eigenvalue weighted by Gasteiger charge is 2.25. The van der Waals surface area contributed by atoms with Crippen LogP contribution in [0.4, 0.5) is 4.39 Å². The molecule has 0 radical (unpaired) electrons. The fourth-order valence-corrected chi connectivity index (χ4v) is 3.07. The molecule has 0 N–H and O–H groups in total. The van der Waals surface area contributed by atoms with E-state index in [1.54, 1.807) is 43.3 Å². The molecule has 6 nitrogen and oxygen atoms in total. The first kappa shape index (κ1) is 17.7. The van der Waals surface area contributed by atoms with Crippen molar-refractivity contribution in [1.29, 1.82) is 0 Å². The number of esters is 1. The Balaban J connectivity index is 2.02. The van der Waals surface area contributed by atoms with Crippen LogP contribution in [-0.4, -0.2) is 27.4 Å². The number of carbonyl (C=O) groups excluding carboxylic acids is 1. The molecule has 0 unspecified atom stereocenters. The van der Waals surface area contributed by atoms with Crippen molar-refractivity contribution in [2.24, 2.45) is 0 Å². The Morgan fingerprint density at radius 3 is 2.54 bits per heavy atom. The molecule has 2 heterocycles. The van der Waals surface area contributed by atoms with Gasteiger partial charge in [0, 0.05) is 12.4 Å². The third-order valence-corrected chi connectivity index (χ3v) is 4.46. The van der Waals surface area contributed by atoms with E-state index >= 15 is 0 Å². The maximum Gasteiger partial charge on any atom is 0.341 e. The lowest BCUT2D eigenvalue weighted by Gasteiger charge is -2.12. The van der Waals surface area contributed by atoms with Crippen molar-refractivity contribution in [1.82, 2.24) is 14.3 Å². The fourth-order valence-electron chi connectivity index (χ4n) is 3.07. The lowest BCUT2D eigenvalue weighted by atomic mass is 10.1. The van der Waals surface area contributed by atoms with Gasteiger partial charge in [-0.25, -0.2) is 9.18 Å². The Morgan fingerprint density at radius 2 is 1.86 bits per heavy atom. The highest BCUT2D eigenvalue weighted by atomic mass is 19.1. The standard InChI is InChI=1S/C21H16FN3O3/c1-13-8-9-18(17(22)10-13)24-11-15-19(16(12-24)21(27)28-2)23-25(20(15)26)14-6-4-3-5-7-14/h3-12H,1-2H3. The van der Waals surface area contributed by atoms with Crippen LogP contribution in [0.2, 0.25) is 0 Å². The molecule has 0 fully saturated rings. The van der Waals surface area contributed by atoms with E-state index < -0.39 is 17.3 Å². The second kappa shape index (κ2) is 6.77. The molecule has 2 aromatic carbocycles. The largest absolute Gasteiger partial charge is 0.465 e. The predicted octanol–water partition coefficient (Wildman–Crippen LogP) is 3.36. The molecule has 0 bridgehead atoms. The Morgan fingerprint density at radius 1 is 1.11 bits per heavy atom. The van der Waals surface area contributed by atoms with Gasteiger partial charge < -0.3 is 9.30 Å². The number of para-hydroxylation sites is 1. The third kappa shape index (κ3) is 2.87. The first-order valence-electron chi connectivity index (χ1n) is 8.55. The molecule has 2 aromatic rings. The summed E-state index contributed by atoms with van der Waals surface area (Å²) in [6.45, 7) is 1.78. The van der Waals surface area contributed by atoms with Gasteiger partial charge in [0.2, 0.25) is 0 Å². The summed E-state index contributed by atoms with van der Waals surface area (Å²) in [5, 5.41) is 4.32. The van der Waals surface area contributed by atoms with Crippen molar-refractivity contribution in [3.05, 3.63) is 88.2 Å². The van der Waals surface area contributed by atoms with Crippen LogP contribution >= 0.6 is 0 Å². The van der Waals surface area contributed by atoms with Crippen LogP contribution in [0.3, 0.4) is 0 Å². The molecule has 7 heteroatoms. The normalized spacial score (nSPS) is 11.0. The number of benzene rings is 2. The molecule has 0 amide bonds. The van der Waals surface area contributed by atoms with E-state index in [0.717, 1.165) is 5.56 Å². The number of methoxy groups -OCH3 is 1. The van der Waals surface area contributed by atoms with Crippen LogP contribution in [0, 0.1) is 12.7 Å². The van der Waals surface area contributed by atoms with E-state index in [1.165, 1.54) is 34.8 Å². The summed E-state index contributed by atoms with van der Waals surface area (Å²) in [6.07, 6.45) is 2.90. The molecule has 0 aliphatic carbocycles. The number of rotatable bonds is 3. The van der Waals surface area contributed by atoms with Gasteiger partial charge >= 0.3 is 5.97 Å². The van der Waals surface area contributed by atoms with Gasteiger partial charge in [-0.2, -0.15) is 9.78 Å². The minimum absolute atomic E-state index is 0.0757. The number of hydrogen-bond acceptors (Lipinski definition) is 4. The van der Waals surface area contributed by atoms with Gasteiger partial charge in [-0.3, -0.25) is 4.79 Å². The summed E-state index contributed by atoms with van der Waals surface area (Å²) < 4.78 is 21.9. The molecule has 140 valence electrons. The molecule has 2 aliphatic rings. The number of aryl methyl sites for hydroxylation is 1. The average molecular weight is 377 g/mol. The number of hydrogen-bond donors (Lipinski definition) is 0. The molecule has 4 rings (SSSR count). The van der Waals surface area contributed by atoms with Crippen LogP contribution in [0.25, 0.3) is 22.6 Å². The third-order valence-electron chi connectivity index (χ3n) is 4.46. The van der Waals surface area contributed by atoms with Crippen molar-refractivity contribution in [2.75, 3.05) is 7.11 Å². The SMILES string of the molecule is COC(=O)c1cn(-c2ccc(C)cc2F)cc2c(=O)n(-c3ccccc3)nc1-2. The molecule has 0 aromatic heterocycles. The Kier molecular flexibility index (Phi) is 4.27. The zero-order chi connectivity index (χ0) is 19.8. The van der Waals surface area contributed by atoms with Crippen LogP contribution < -0.4 is 5.56 Å². The van der Waals surface area contributed by atoms with Crippen molar-refractivity contribution < 1.29 is 13.9 Å². The minimum atomic E-state index is -0.662. The highest BCUT2D eigenvalue weighted by molar-refractivity contribution is 5.96. The molecule has 0 atom stereocenters. The predicted molar refractivity (Wildman–Crippen MR) is 102 cm³/mol. The summed E-state index contributed by atoms with van der Waals surface area (Å²) in [7, 11) is 1.24. The number of pyridine rings is 1. The quantitative estimate of drug-likeness (QED) is 0.514. The molecule has 28 heavy (non-hydrogen) atoms. The van der Waals surface area contributed by atoms with Gasteiger partial charge in [0.1, 0.15) is 17.1 Å². The maximum atomic E-state index is 14.5. The zero-order valence-corrected chi connectivity index (χ0v) is 15.2. The topological polar surface area (TPSA) is 66.1 Å². The number of aromatic nitrogens is 3. The second-order valence-electron chi connectivity index (χ2n) is 6.34. The average Bonchev–Trinajstić information content (AvgIpc) is 3.04. The molecule has 0 saturated carbocycles. The van der Waals surface area contributed by atoms with Crippen molar-refractivity contribution in [3.8, 4) is 22.6 Å². The Labute approximate surface area is 159 Å². The molecular formula is C21H16FN3O3. The summed E-state index contributed by atoms with van der Waals surface area (Å²) in [6, 6.07) is 13.6. The van der Waals surface area contributed by atoms with Gasteiger partial charge in [0.25, 0.3) is 5.56 Å². The van der Waals surface area contributed by atoms with Gasteiger partial charge in [-0.05, 0) is 36.8 Å². The second-order valence-corrected chi connectivity index (χ2v) is 6.34. The van der Waals surface area contributed by atoms with Gasteiger partial charge in [0.05, 0.1) is 24.0 Å². The Hall–Kier alpha value is -3.74. The van der Waals surface area contributed by atoms with Gasteiger partial charge in [-0.15, -0.1) is 0 Å². The van der Waals surface area contributed by atoms with Crippen molar-refractivity contribution in [3.63, 3.8) is 0 Å². The monoisotopic (exact) mass is 377 g/mol. The lowest BCUT2D eigenvalue weighted by molar-refractivity contribution is 0.0600. The lowest BCUT2D eigenvalue weighted by Crippen LogP contribution is -2.15. The Bertz CT molecular complexity index is 1210. The summed E-state index contributed by atoms with van der Waals surface area (Å²) in [5.41, 5.74) is 1.59. The van der Waals surface area contributed by atoms with Crippen molar-refractivity contribution in [2.45, 2.75) is 6.92 Å². The zero-order valence-electron chi connectivity index (χ0n) is 15.2. The van der Waals surface area contributed by atoms with E-state index in [4.69, 9.17) is 4.74 Å². The number of fused-ring (bicyclic) bond motifs is 1. The number of carbonyl (C=O) groups is 1. The number of nitrogens with zero attached hydrogens (tertiary/aromatic N) is 3. The van der Waals surface area contributed by atoms with Gasteiger partial charge in [-0.1, -0.05) is 24.3 Å². The molecule has 0 saturated heterocycles. The number of halogens is 1. The van der Waals surface area contributed by atoms with E-state index in [1.807, 2.05) is 6.07 Å². The molecule has 0 spiro atoms. The van der Waals surface area contributed by atoms with E-state index in [2.05, 4.69) is 5.10 Å². The van der Waals surface area contributed by atoms with Crippen molar-refractivity contribution >= 4 is 5.97 Å². The summed E-state index contributed by atoms with van der Waals surface area (Å²) >= 11 is 0. The molecule has 2 aliphatic heterocycles. The van der Waals surface area contributed by atoms with Crippen LogP contribution in [0.1, 0.15) is 15.9 Å². The maximum absolute atomic E-state index is 14.5. The van der Waals surface area contributed by atoms with E-state index in [9.17, 15) is 14.0 Å². The van der Waals surface area contributed by atoms with Crippen LogP contribution in [0.5, 0.6) is 0 Å². The first-order chi connectivity index (χ1) is 13.5. The smallest absolute Gasteiger partial charge is 0.341 e.